The molecule has 0 aromatic heterocycles. The molecule has 0 amide bonds. The van der Waals surface area contributed by atoms with Crippen molar-refractivity contribution >= 4 is 8.32 Å². The third-order valence-electron chi connectivity index (χ3n) is 10.0. The summed E-state index contributed by atoms with van der Waals surface area (Å²) in [6.07, 6.45) is 8.54. The summed E-state index contributed by atoms with van der Waals surface area (Å²) in [5.41, 5.74) is -0.0390. The van der Waals surface area contributed by atoms with Crippen LogP contribution in [0.1, 0.15) is 86.0 Å². The summed E-state index contributed by atoms with van der Waals surface area (Å²) in [6, 6.07) is 0. The molecule has 3 aliphatic carbocycles. The molecule has 1 N–H and O–H groups in total. The fourth-order valence-electron chi connectivity index (χ4n) is 7.02. The van der Waals surface area contributed by atoms with Crippen LogP contribution in [-0.2, 0) is 13.9 Å². The number of fused-ring (bicyclic) bond motifs is 2. The molecule has 4 fully saturated rings. The number of rotatable bonds is 4. The predicted octanol–water partition coefficient (Wildman–Crippen LogP) is 6.14. The van der Waals surface area contributed by atoms with E-state index in [2.05, 4.69) is 59.6 Å². The van der Waals surface area contributed by atoms with E-state index in [1.165, 1.54) is 32.1 Å². The third-order valence-corrected chi connectivity index (χ3v) is 14.5. The van der Waals surface area contributed by atoms with Crippen LogP contribution in [0.4, 0.5) is 0 Å². The Morgan fingerprint density at radius 2 is 1.67 bits per heavy atom. The normalized spacial score (nSPS) is 35.6. The highest BCUT2D eigenvalue weighted by Crippen LogP contribution is 2.69. The van der Waals surface area contributed by atoms with Crippen molar-refractivity contribution in [3.8, 4) is 11.8 Å². The maximum Gasteiger partial charge on any atom is 0.193 e. The van der Waals surface area contributed by atoms with Gasteiger partial charge in [-0.15, -0.1) is 0 Å². The molecule has 0 aromatic carbocycles. The molecule has 0 aromatic rings. The molecule has 188 valence electrons. The first-order chi connectivity index (χ1) is 15.4. The molecule has 5 atom stereocenters. The Morgan fingerprint density at radius 3 is 2.24 bits per heavy atom. The summed E-state index contributed by atoms with van der Waals surface area (Å²) >= 11 is 0. The smallest absolute Gasteiger partial charge is 0.193 e. The Labute approximate surface area is 203 Å². The lowest BCUT2D eigenvalue weighted by Crippen LogP contribution is -2.71. The number of aliphatic hydroxyl groups is 1. The summed E-state index contributed by atoms with van der Waals surface area (Å²) < 4.78 is 19.4. The van der Waals surface area contributed by atoms with Crippen molar-refractivity contribution in [2.75, 3.05) is 13.2 Å². The SMILES string of the molecule is CC(C)[C@]12CC[C@@H](O)[C@H](C#C[C@@H](O[Si](C)(C)C(C)(C)C)C3CCCCC3)[C@H]1CC21OCCO1. The van der Waals surface area contributed by atoms with E-state index in [0.29, 0.717) is 31.0 Å². The van der Waals surface area contributed by atoms with Crippen LogP contribution in [0, 0.1) is 40.9 Å². The molecule has 0 unspecified atom stereocenters. The zero-order valence-corrected chi connectivity index (χ0v) is 23.2. The maximum atomic E-state index is 11.1. The van der Waals surface area contributed by atoms with Crippen LogP contribution in [-0.4, -0.2) is 44.6 Å². The lowest BCUT2D eigenvalue weighted by atomic mass is 9.42. The molecular formula is C28H48O4Si. The minimum absolute atomic E-state index is 0.0122. The zero-order chi connectivity index (χ0) is 24.1. The van der Waals surface area contributed by atoms with Gasteiger partial charge >= 0.3 is 0 Å². The first kappa shape index (κ1) is 25.7. The summed E-state index contributed by atoms with van der Waals surface area (Å²) in [6.45, 7) is 17.6. The van der Waals surface area contributed by atoms with Gasteiger partial charge in [-0.3, -0.25) is 0 Å². The first-order valence-electron chi connectivity index (χ1n) is 13.6. The van der Waals surface area contributed by atoms with E-state index >= 15 is 0 Å². The zero-order valence-electron chi connectivity index (χ0n) is 22.2. The highest BCUT2D eigenvalue weighted by atomic mass is 28.4. The standard InChI is InChI=1S/C28H48O4Si/c1-20(2)27-16-15-24(29)22(23(27)19-28(27)30-17-18-31-28)13-14-25(21-11-9-8-10-12-21)32-33(6,7)26(3,4)5/h20-25,29H,8-12,15-19H2,1-7H3/t22-,23-,24-,25-,27-/m1/s1. The van der Waals surface area contributed by atoms with Crippen molar-refractivity contribution < 1.29 is 19.0 Å². The van der Waals surface area contributed by atoms with Crippen molar-refractivity contribution in [2.45, 2.75) is 122 Å². The van der Waals surface area contributed by atoms with Crippen molar-refractivity contribution in [3.63, 3.8) is 0 Å². The van der Waals surface area contributed by atoms with Crippen LogP contribution >= 0.6 is 0 Å². The monoisotopic (exact) mass is 476 g/mol. The molecular weight excluding hydrogens is 428 g/mol. The average Bonchev–Trinajstić information content (AvgIpc) is 3.23. The quantitative estimate of drug-likeness (QED) is 0.391. The van der Waals surface area contributed by atoms with E-state index in [9.17, 15) is 5.11 Å². The predicted molar refractivity (Wildman–Crippen MR) is 135 cm³/mol. The second-order valence-electron chi connectivity index (χ2n) is 13.1. The fraction of sp³-hybridized carbons (Fsp3) is 0.929. The van der Waals surface area contributed by atoms with Gasteiger partial charge < -0.3 is 19.0 Å². The van der Waals surface area contributed by atoms with Crippen molar-refractivity contribution in [3.05, 3.63) is 0 Å². The molecule has 0 bridgehead atoms. The highest BCUT2D eigenvalue weighted by molar-refractivity contribution is 6.74. The van der Waals surface area contributed by atoms with Crippen LogP contribution in [0.15, 0.2) is 0 Å². The third kappa shape index (κ3) is 4.38. The van der Waals surface area contributed by atoms with Crippen molar-refractivity contribution in [1.29, 1.82) is 0 Å². The van der Waals surface area contributed by atoms with Gasteiger partial charge in [0.1, 0.15) is 6.10 Å². The Bertz CT molecular complexity index is 748. The molecule has 1 heterocycles. The largest absolute Gasteiger partial charge is 0.403 e. The van der Waals surface area contributed by atoms with Crippen LogP contribution in [0.3, 0.4) is 0 Å². The molecule has 1 aliphatic heterocycles. The van der Waals surface area contributed by atoms with Crippen molar-refractivity contribution in [2.24, 2.45) is 29.1 Å². The molecule has 0 radical (unpaired) electrons. The van der Waals surface area contributed by atoms with E-state index in [1.807, 2.05) is 0 Å². The summed E-state index contributed by atoms with van der Waals surface area (Å²) in [5, 5.41) is 11.3. The number of aliphatic hydroxyl groups excluding tert-OH is 1. The van der Waals surface area contributed by atoms with Crippen LogP contribution in [0.25, 0.3) is 0 Å². The van der Waals surface area contributed by atoms with Gasteiger partial charge in [0, 0.05) is 11.8 Å². The second-order valence-corrected chi connectivity index (χ2v) is 17.8. The van der Waals surface area contributed by atoms with E-state index in [-0.39, 0.29) is 28.6 Å². The van der Waals surface area contributed by atoms with Gasteiger partial charge in [0.25, 0.3) is 0 Å². The summed E-state index contributed by atoms with van der Waals surface area (Å²) in [7, 11) is -1.94. The molecule has 4 aliphatic rings. The summed E-state index contributed by atoms with van der Waals surface area (Å²) in [5.74, 6) is 8.11. The minimum atomic E-state index is -1.94. The fourth-order valence-corrected chi connectivity index (χ4v) is 8.26. The number of ether oxygens (including phenoxy) is 2. The van der Waals surface area contributed by atoms with Crippen molar-refractivity contribution in [1.82, 2.24) is 0 Å². The van der Waals surface area contributed by atoms with E-state index in [4.69, 9.17) is 13.9 Å². The van der Waals surface area contributed by atoms with Gasteiger partial charge in [0.15, 0.2) is 14.1 Å². The maximum absolute atomic E-state index is 11.1. The summed E-state index contributed by atoms with van der Waals surface area (Å²) in [4.78, 5) is 0. The molecule has 5 heteroatoms. The second kappa shape index (κ2) is 9.25. The van der Waals surface area contributed by atoms with Gasteiger partial charge in [-0.05, 0) is 61.6 Å². The van der Waals surface area contributed by atoms with Crippen LogP contribution in [0.2, 0.25) is 18.1 Å². The Morgan fingerprint density at radius 1 is 1.03 bits per heavy atom. The van der Waals surface area contributed by atoms with Gasteiger partial charge in [-0.25, -0.2) is 0 Å². The Kier molecular flexibility index (Phi) is 7.20. The number of hydrogen-bond donors (Lipinski definition) is 1. The lowest BCUT2D eigenvalue weighted by Gasteiger charge is -2.67. The lowest BCUT2D eigenvalue weighted by molar-refractivity contribution is -0.364. The molecule has 4 nitrogen and oxygen atoms in total. The molecule has 1 saturated heterocycles. The first-order valence-corrected chi connectivity index (χ1v) is 16.5. The van der Waals surface area contributed by atoms with Crippen LogP contribution in [0.5, 0.6) is 0 Å². The van der Waals surface area contributed by atoms with Gasteiger partial charge in [0.2, 0.25) is 0 Å². The molecule has 33 heavy (non-hydrogen) atoms. The van der Waals surface area contributed by atoms with Crippen LogP contribution < -0.4 is 0 Å². The molecule has 3 saturated carbocycles. The van der Waals surface area contributed by atoms with E-state index < -0.39 is 14.1 Å². The van der Waals surface area contributed by atoms with Gasteiger partial charge in [-0.1, -0.05) is 65.7 Å². The van der Waals surface area contributed by atoms with Gasteiger partial charge in [-0.2, -0.15) is 0 Å². The van der Waals surface area contributed by atoms with E-state index in [1.54, 1.807) is 0 Å². The minimum Gasteiger partial charge on any atom is -0.403 e. The average molecular weight is 477 g/mol. The van der Waals surface area contributed by atoms with Gasteiger partial charge in [0.05, 0.1) is 25.2 Å². The molecule has 1 spiro atoms. The number of hydrogen-bond acceptors (Lipinski definition) is 4. The Hall–Kier alpha value is -0.383. The van der Waals surface area contributed by atoms with E-state index in [0.717, 1.165) is 19.3 Å². The Balaban J connectivity index is 1.61. The topological polar surface area (TPSA) is 47.9 Å². The highest BCUT2D eigenvalue weighted by Gasteiger charge is 2.73. The molecule has 4 rings (SSSR count).